The number of amides is 1. The molecule has 0 spiro atoms. The van der Waals surface area contributed by atoms with Crippen LogP contribution in [0.3, 0.4) is 0 Å². The van der Waals surface area contributed by atoms with Crippen LogP contribution in [0.5, 0.6) is 0 Å². The van der Waals surface area contributed by atoms with Gasteiger partial charge in [0.25, 0.3) is 0 Å². The van der Waals surface area contributed by atoms with E-state index in [-0.39, 0.29) is 23.6 Å². The van der Waals surface area contributed by atoms with E-state index in [1.807, 2.05) is 19.1 Å². The van der Waals surface area contributed by atoms with Crippen LogP contribution in [-0.4, -0.2) is 23.6 Å². The maximum absolute atomic E-state index is 11.3. The summed E-state index contributed by atoms with van der Waals surface area (Å²) in [5, 5.41) is 2.84. The summed E-state index contributed by atoms with van der Waals surface area (Å²) in [5.74, 6) is -0.0563. The Morgan fingerprint density at radius 3 is 2.39 bits per heavy atom. The summed E-state index contributed by atoms with van der Waals surface area (Å²) in [6.45, 7) is 3.50. The monoisotopic (exact) mass is 267 g/mol. The van der Waals surface area contributed by atoms with E-state index in [1.165, 1.54) is 6.92 Å². The van der Waals surface area contributed by atoms with Gasteiger partial charge >= 0.3 is 0 Å². The fourth-order valence-electron chi connectivity index (χ4n) is 1.74. The highest BCUT2D eigenvalue weighted by Gasteiger charge is 2.06. The van der Waals surface area contributed by atoms with E-state index < -0.39 is 0 Å². The largest absolute Gasteiger partial charge is 0.354 e. The number of hydrogen-bond donors (Lipinski definition) is 1. The van der Waals surface area contributed by atoms with Crippen molar-refractivity contribution < 1.29 is 9.59 Å². The molecule has 0 aliphatic carbocycles. The SMILES string of the molecule is CC(=O)NC(C)CCc1ccc(C(=O)CCl)cc1. The predicted molar refractivity (Wildman–Crippen MR) is 73.1 cm³/mol. The van der Waals surface area contributed by atoms with Gasteiger partial charge in [-0.05, 0) is 25.3 Å². The second-order valence-corrected chi connectivity index (χ2v) is 4.66. The lowest BCUT2D eigenvalue weighted by Crippen LogP contribution is -2.30. The first kappa shape index (κ1) is 14.7. The molecule has 1 unspecified atom stereocenters. The Kier molecular flexibility index (Phi) is 5.86. The molecule has 0 radical (unpaired) electrons. The first-order valence-corrected chi connectivity index (χ1v) is 6.51. The topological polar surface area (TPSA) is 46.2 Å². The van der Waals surface area contributed by atoms with Crippen molar-refractivity contribution in [3.8, 4) is 0 Å². The molecule has 0 aliphatic heterocycles. The summed E-state index contributed by atoms with van der Waals surface area (Å²) in [6, 6.07) is 7.61. The van der Waals surface area contributed by atoms with Gasteiger partial charge in [-0.2, -0.15) is 0 Å². The van der Waals surface area contributed by atoms with Gasteiger partial charge in [-0.15, -0.1) is 11.6 Å². The van der Waals surface area contributed by atoms with Crippen LogP contribution in [0.2, 0.25) is 0 Å². The fourth-order valence-corrected chi connectivity index (χ4v) is 1.89. The highest BCUT2D eigenvalue weighted by atomic mass is 35.5. The van der Waals surface area contributed by atoms with Crippen LogP contribution < -0.4 is 5.32 Å². The van der Waals surface area contributed by atoms with E-state index in [1.54, 1.807) is 12.1 Å². The summed E-state index contributed by atoms with van der Waals surface area (Å²) in [7, 11) is 0. The number of carbonyl (C=O) groups is 2. The molecular weight excluding hydrogens is 250 g/mol. The molecule has 0 fully saturated rings. The number of carbonyl (C=O) groups excluding carboxylic acids is 2. The molecule has 1 amide bonds. The maximum Gasteiger partial charge on any atom is 0.217 e. The molecule has 0 bridgehead atoms. The molecule has 1 N–H and O–H groups in total. The van der Waals surface area contributed by atoms with Crippen molar-refractivity contribution in [2.75, 3.05) is 5.88 Å². The average Bonchev–Trinajstić information content (AvgIpc) is 2.35. The number of hydrogen-bond acceptors (Lipinski definition) is 2. The third-order valence-electron chi connectivity index (χ3n) is 2.71. The van der Waals surface area contributed by atoms with E-state index >= 15 is 0 Å². The first-order chi connectivity index (χ1) is 8.52. The van der Waals surface area contributed by atoms with Crippen molar-refractivity contribution in [3.63, 3.8) is 0 Å². The molecular formula is C14H18ClNO2. The summed E-state index contributed by atoms with van der Waals surface area (Å²) >= 11 is 5.49. The van der Waals surface area contributed by atoms with Crippen LogP contribution in [-0.2, 0) is 11.2 Å². The van der Waals surface area contributed by atoms with E-state index in [2.05, 4.69) is 5.32 Å². The molecule has 0 aromatic heterocycles. The average molecular weight is 268 g/mol. The van der Waals surface area contributed by atoms with Gasteiger partial charge in [-0.1, -0.05) is 24.3 Å². The van der Waals surface area contributed by atoms with Crippen molar-refractivity contribution in [1.82, 2.24) is 5.32 Å². The highest BCUT2D eigenvalue weighted by Crippen LogP contribution is 2.09. The molecule has 98 valence electrons. The number of aryl methyl sites for hydroxylation is 1. The lowest BCUT2D eigenvalue weighted by atomic mass is 10.0. The Morgan fingerprint density at radius 1 is 1.28 bits per heavy atom. The molecule has 3 nitrogen and oxygen atoms in total. The lowest BCUT2D eigenvalue weighted by Gasteiger charge is -2.12. The fraction of sp³-hybridized carbons (Fsp3) is 0.429. The smallest absolute Gasteiger partial charge is 0.217 e. The Hall–Kier alpha value is -1.35. The Morgan fingerprint density at radius 2 is 1.89 bits per heavy atom. The van der Waals surface area contributed by atoms with E-state index in [4.69, 9.17) is 11.6 Å². The predicted octanol–water partition coefficient (Wildman–Crippen LogP) is 2.57. The number of alkyl halides is 1. The van der Waals surface area contributed by atoms with Gasteiger partial charge in [-0.25, -0.2) is 0 Å². The molecule has 1 aromatic carbocycles. The molecule has 1 aromatic rings. The first-order valence-electron chi connectivity index (χ1n) is 5.98. The summed E-state index contributed by atoms with van der Waals surface area (Å²) in [6.07, 6.45) is 1.75. The zero-order valence-corrected chi connectivity index (χ0v) is 11.5. The molecule has 0 aliphatic rings. The minimum atomic E-state index is -0.0603. The standard InChI is InChI=1S/C14H18ClNO2/c1-10(16-11(2)17)3-4-12-5-7-13(8-6-12)14(18)9-15/h5-8,10H,3-4,9H2,1-2H3,(H,16,17). The van der Waals surface area contributed by atoms with Gasteiger partial charge in [0.2, 0.25) is 5.91 Å². The molecule has 4 heteroatoms. The van der Waals surface area contributed by atoms with Gasteiger partial charge in [0.05, 0.1) is 5.88 Å². The van der Waals surface area contributed by atoms with Crippen LogP contribution >= 0.6 is 11.6 Å². The zero-order chi connectivity index (χ0) is 13.5. The Balaban J connectivity index is 2.49. The second kappa shape index (κ2) is 7.17. The third kappa shape index (κ3) is 4.88. The van der Waals surface area contributed by atoms with Gasteiger partial charge in [0, 0.05) is 18.5 Å². The van der Waals surface area contributed by atoms with Crippen LogP contribution in [0.4, 0.5) is 0 Å². The van der Waals surface area contributed by atoms with Gasteiger partial charge < -0.3 is 5.32 Å². The number of nitrogens with one attached hydrogen (secondary N) is 1. The normalized spacial score (nSPS) is 11.9. The number of rotatable bonds is 6. The van der Waals surface area contributed by atoms with Crippen molar-refractivity contribution in [2.45, 2.75) is 32.7 Å². The number of halogens is 1. The molecule has 0 saturated heterocycles. The Bertz CT molecular complexity index is 414. The quantitative estimate of drug-likeness (QED) is 0.636. The highest BCUT2D eigenvalue weighted by molar-refractivity contribution is 6.30. The van der Waals surface area contributed by atoms with Crippen LogP contribution in [0.15, 0.2) is 24.3 Å². The third-order valence-corrected chi connectivity index (χ3v) is 2.96. The minimum Gasteiger partial charge on any atom is -0.354 e. The van der Waals surface area contributed by atoms with Crippen LogP contribution in [0.1, 0.15) is 36.2 Å². The van der Waals surface area contributed by atoms with Crippen LogP contribution in [0, 0.1) is 0 Å². The van der Waals surface area contributed by atoms with Gasteiger partial charge in [0.1, 0.15) is 0 Å². The Labute approximate surface area is 113 Å². The van der Waals surface area contributed by atoms with Crippen LogP contribution in [0.25, 0.3) is 0 Å². The molecule has 18 heavy (non-hydrogen) atoms. The van der Waals surface area contributed by atoms with Gasteiger partial charge in [-0.3, -0.25) is 9.59 Å². The summed E-state index contributed by atoms with van der Waals surface area (Å²) in [5.41, 5.74) is 1.79. The number of ketones is 1. The van der Waals surface area contributed by atoms with Crippen molar-refractivity contribution in [2.24, 2.45) is 0 Å². The van der Waals surface area contributed by atoms with E-state index in [0.717, 1.165) is 18.4 Å². The van der Waals surface area contributed by atoms with Crippen molar-refractivity contribution in [3.05, 3.63) is 35.4 Å². The number of benzene rings is 1. The zero-order valence-electron chi connectivity index (χ0n) is 10.7. The second-order valence-electron chi connectivity index (χ2n) is 4.39. The number of Topliss-reactive ketones (excluding diaryl/α,β-unsaturated/α-hetero) is 1. The van der Waals surface area contributed by atoms with Crippen molar-refractivity contribution >= 4 is 23.3 Å². The van der Waals surface area contributed by atoms with Gasteiger partial charge in [0.15, 0.2) is 5.78 Å². The molecule has 0 saturated carbocycles. The molecule has 1 atom stereocenters. The van der Waals surface area contributed by atoms with Crippen molar-refractivity contribution in [1.29, 1.82) is 0 Å². The molecule has 1 rings (SSSR count). The minimum absolute atomic E-state index is 0.00874. The maximum atomic E-state index is 11.3. The summed E-state index contributed by atoms with van der Waals surface area (Å²) in [4.78, 5) is 22.2. The summed E-state index contributed by atoms with van der Waals surface area (Å²) < 4.78 is 0. The van der Waals surface area contributed by atoms with E-state index in [9.17, 15) is 9.59 Å². The molecule has 0 heterocycles. The lowest BCUT2D eigenvalue weighted by molar-refractivity contribution is -0.119. The van der Waals surface area contributed by atoms with E-state index in [0.29, 0.717) is 5.56 Å².